The third-order valence-corrected chi connectivity index (χ3v) is 2.33. The lowest BCUT2D eigenvalue weighted by molar-refractivity contribution is 0.565. The normalized spacial score (nSPS) is 9.57. The van der Waals surface area contributed by atoms with Crippen molar-refractivity contribution in [2.75, 3.05) is 0 Å². The summed E-state index contributed by atoms with van der Waals surface area (Å²) in [4.78, 5) is 13.8. The number of unbranched alkanes of at least 4 members (excludes halogenated alkanes) is 1. The summed E-state index contributed by atoms with van der Waals surface area (Å²) >= 11 is 5.91. The van der Waals surface area contributed by atoms with E-state index >= 15 is 0 Å². The SMILES string of the molecule is CCCCc1cccc(Cl)c1N=C=O. The number of aryl methyl sites for hydroxylation is 1. The predicted octanol–water partition coefficient (Wildman–Crippen LogP) is 3.65. The Bertz CT molecular complexity index is 356. The first-order valence-corrected chi connectivity index (χ1v) is 5.02. The summed E-state index contributed by atoms with van der Waals surface area (Å²) in [6.07, 6.45) is 4.61. The molecule has 0 saturated carbocycles. The van der Waals surface area contributed by atoms with Crippen molar-refractivity contribution in [3.05, 3.63) is 28.8 Å². The van der Waals surface area contributed by atoms with Crippen molar-refractivity contribution in [1.29, 1.82) is 0 Å². The summed E-state index contributed by atoms with van der Waals surface area (Å²) in [5, 5.41) is 0.516. The molecule has 0 fully saturated rings. The van der Waals surface area contributed by atoms with Gasteiger partial charge in [-0.25, -0.2) is 4.79 Å². The lowest BCUT2D eigenvalue weighted by atomic mass is 10.1. The molecule has 0 aliphatic carbocycles. The quantitative estimate of drug-likeness (QED) is 0.550. The van der Waals surface area contributed by atoms with Crippen molar-refractivity contribution in [3.63, 3.8) is 0 Å². The number of halogens is 1. The van der Waals surface area contributed by atoms with E-state index in [0.717, 1.165) is 24.8 Å². The monoisotopic (exact) mass is 209 g/mol. The average molecular weight is 210 g/mol. The Balaban J connectivity index is 3.01. The van der Waals surface area contributed by atoms with Crippen molar-refractivity contribution in [3.8, 4) is 0 Å². The minimum atomic E-state index is 0.516. The van der Waals surface area contributed by atoms with Gasteiger partial charge in [-0.3, -0.25) is 0 Å². The number of rotatable bonds is 4. The molecule has 0 heterocycles. The molecular formula is C11H12ClNO. The Morgan fingerprint density at radius 1 is 1.50 bits per heavy atom. The predicted molar refractivity (Wildman–Crippen MR) is 57.8 cm³/mol. The van der Waals surface area contributed by atoms with Crippen molar-refractivity contribution in [2.45, 2.75) is 26.2 Å². The summed E-state index contributed by atoms with van der Waals surface area (Å²) in [6, 6.07) is 5.54. The third kappa shape index (κ3) is 2.69. The molecule has 2 nitrogen and oxygen atoms in total. The maximum Gasteiger partial charge on any atom is 0.240 e. The molecule has 3 heteroatoms. The van der Waals surface area contributed by atoms with Gasteiger partial charge in [-0.2, -0.15) is 4.99 Å². The first-order chi connectivity index (χ1) is 6.79. The molecule has 0 N–H and O–H groups in total. The number of benzene rings is 1. The minimum absolute atomic E-state index is 0.516. The number of nitrogens with zero attached hydrogens (tertiary/aromatic N) is 1. The first kappa shape index (κ1) is 11.0. The van der Waals surface area contributed by atoms with Gasteiger partial charge in [0.25, 0.3) is 0 Å². The smallest absolute Gasteiger partial charge is 0.211 e. The number of isocyanates is 1. The van der Waals surface area contributed by atoms with Crippen LogP contribution in [0.3, 0.4) is 0 Å². The van der Waals surface area contributed by atoms with E-state index in [9.17, 15) is 4.79 Å². The van der Waals surface area contributed by atoms with Crippen molar-refractivity contribution < 1.29 is 4.79 Å². The van der Waals surface area contributed by atoms with Crippen molar-refractivity contribution in [2.24, 2.45) is 4.99 Å². The van der Waals surface area contributed by atoms with E-state index in [1.807, 2.05) is 12.1 Å². The summed E-state index contributed by atoms with van der Waals surface area (Å²) in [7, 11) is 0. The molecule has 0 unspecified atom stereocenters. The van der Waals surface area contributed by atoms with Crippen LogP contribution in [0.4, 0.5) is 5.69 Å². The van der Waals surface area contributed by atoms with Gasteiger partial charge in [0, 0.05) is 0 Å². The molecule has 0 atom stereocenters. The molecule has 74 valence electrons. The van der Waals surface area contributed by atoms with E-state index in [1.54, 1.807) is 6.07 Å². The fourth-order valence-corrected chi connectivity index (χ4v) is 1.54. The van der Waals surface area contributed by atoms with Crippen LogP contribution in [0.15, 0.2) is 23.2 Å². The highest BCUT2D eigenvalue weighted by Gasteiger charge is 2.04. The number of hydrogen-bond donors (Lipinski definition) is 0. The van der Waals surface area contributed by atoms with Gasteiger partial charge in [-0.1, -0.05) is 37.1 Å². The summed E-state index contributed by atoms with van der Waals surface area (Å²) < 4.78 is 0. The molecule has 1 aromatic rings. The Kier molecular flexibility index (Phi) is 4.37. The maximum atomic E-state index is 10.2. The second-order valence-corrected chi connectivity index (χ2v) is 3.46. The zero-order valence-electron chi connectivity index (χ0n) is 8.09. The molecule has 0 saturated heterocycles. The van der Waals surface area contributed by atoms with Gasteiger partial charge in [0.1, 0.15) is 0 Å². The van der Waals surface area contributed by atoms with Crippen LogP contribution in [0.5, 0.6) is 0 Å². The highest BCUT2D eigenvalue weighted by molar-refractivity contribution is 6.33. The number of para-hydroxylation sites is 1. The lowest BCUT2D eigenvalue weighted by Crippen LogP contribution is -1.86. The summed E-state index contributed by atoms with van der Waals surface area (Å²) in [6.45, 7) is 2.12. The Morgan fingerprint density at radius 2 is 2.29 bits per heavy atom. The maximum absolute atomic E-state index is 10.2. The van der Waals surface area contributed by atoms with E-state index in [4.69, 9.17) is 11.6 Å². The molecule has 0 radical (unpaired) electrons. The van der Waals surface area contributed by atoms with Crippen LogP contribution in [0.25, 0.3) is 0 Å². The molecule has 1 aromatic carbocycles. The van der Waals surface area contributed by atoms with Crippen LogP contribution in [0.1, 0.15) is 25.3 Å². The Labute approximate surface area is 88.6 Å². The second kappa shape index (κ2) is 5.58. The van der Waals surface area contributed by atoms with Gasteiger partial charge in [0.2, 0.25) is 6.08 Å². The van der Waals surface area contributed by atoms with Crippen molar-refractivity contribution >= 4 is 23.4 Å². The molecule has 0 aliphatic heterocycles. The average Bonchev–Trinajstić information content (AvgIpc) is 2.19. The van der Waals surface area contributed by atoms with Gasteiger partial charge in [0.15, 0.2) is 0 Å². The fraction of sp³-hybridized carbons (Fsp3) is 0.364. The van der Waals surface area contributed by atoms with Crippen molar-refractivity contribution in [1.82, 2.24) is 0 Å². The highest BCUT2D eigenvalue weighted by Crippen LogP contribution is 2.29. The lowest BCUT2D eigenvalue weighted by Gasteiger charge is -2.04. The van der Waals surface area contributed by atoms with Gasteiger partial charge in [0.05, 0.1) is 10.7 Å². The zero-order valence-corrected chi connectivity index (χ0v) is 8.84. The number of hydrogen-bond acceptors (Lipinski definition) is 2. The number of aliphatic imine (C=N–C) groups is 1. The van der Waals surface area contributed by atoms with Gasteiger partial charge in [-0.15, -0.1) is 0 Å². The van der Waals surface area contributed by atoms with Gasteiger partial charge >= 0.3 is 0 Å². The number of carbonyl (C=O) groups excluding carboxylic acids is 1. The van der Waals surface area contributed by atoms with E-state index in [2.05, 4.69) is 11.9 Å². The van der Waals surface area contributed by atoms with E-state index in [0.29, 0.717) is 10.7 Å². The molecule has 0 spiro atoms. The summed E-state index contributed by atoms with van der Waals surface area (Å²) in [5.41, 5.74) is 1.58. The highest BCUT2D eigenvalue weighted by atomic mass is 35.5. The largest absolute Gasteiger partial charge is 0.240 e. The molecular weight excluding hydrogens is 198 g/mol. The Morgan fingerprint density at radius 3 is 2.93 bits per heavy atom. The first-order valence-electron chi connectivity index (χ1n) is 4.64. The second-order valence-electron chi connectivity index (χ2n) is 3.05. The van der Waals surface area contributed by atoms with Gasteiger partial charge < -0.3 is 0 Å². The third-order valence-electron chi connectivity index (χ3n) is 2.03. The summed E-state index contributed by atoms with van der Waals surface area (Å²) in [5.74, 6) is 0. The van der Waals surface area contributed by atoms with Crippen LogP contribution in [-0.4, -0.2) is 6.08 Å². The molecule has 14 heavy (non-hydrogen) atoms. The van der Waals surface area contributed by atoms with Gasteiger partial charge in [-0.05, 0) is 24.5 Å². The van der Waals surface area contributed by atoms with Crippen LogP contribution >= 0.6 is 11.6 Å². The van der Waals surface area contributed by atoms with Crippen LogP contribution in [0.2, 0.25) is 5.02 Å². The molecule has 1 rings (SSSR count). The Hall–Kier alpha value is -1.11. The molecule has 0 bridgehead atoms. The fourth-order valence-electron chi connectivity index (χ4n) is 1.30. The van der Waals surface area contributed by atoms with E-state index in [-0.39, 0.29) is 0 Å². The van der Waals surface area contributed by atoms with E-state index in [1.165, 1.54) is 6.08 Å². The van der Waals surface area contributed by atoms with Crippen LogP contribution in [-0.2, 0) is 11.2 Å². The van der Waals surface area contributed by atoms with Crippen LogP contribution in [0, 0.1) is 0 Å². The van der Waals surface area contributed by atoms with E-state index < -0.39 is 0 Å². The zero-order chi connectivity index (χ0) is 10.4. The van der Waals surface area contributed by atoms with Crippen LogP contribution < -0.4 is 0 Å². The minimum Gasteiger partial charge on any atom is -0.211 e. The molecule has 0 aliphatic rings. The molecule has 0 aromatic heterocycles. The standard InChI is InChI=1S/C11H12ClNO/c1-2-3-5-9-6-4-7-10(12)11(9)13-8-14/h4,6-7H,2-3,5H2,1H3. The molecule has 0 amide bonds. The topological polar surface area (TPSA) is 29.4 Å².